The highest BCUT2D eigenvalue weighted by atomic mass is 32.2. The van der Waals surface area contributed by atoms with Crippen molar-refractivity contribution in [3.8, 4) is 0 Å². The lowest BCUT2D eigenvalue weighted by atomic mass is 10.1. The van der Waals surface area contributed by atoms with Crippen molar-refractivity contribution in [1.82, 2.24) is 4.90 Å². The molecule has 1 N–H and O–H groups in total. The summed E-state index contributed by atoms with van der Waals surface area (Å²) in [5, 5.41) is 2.88. The lowest BCUT2D eigenvalue weighted by Gasteiger charge is -2.25. The first-order valence-corrected chi connectivity index (χ1v) is 7.70. The summed E-state index contributed by atoms with van der Waals surface area (Å²) in [6.45, 7) is 2.27. The van der Waals surface area contributed by atoms with Gasteiger partial charge in [0, 0.05) is 24.4 Å². The molecule has 4 nitrogen and oxygen atoms in total. The molecular weight excluding hydrogens is 260 g/mol. The maximum absolute atomic E-state index is 12.2. The van der Waals surface area contributed by atoms with Crippen LogP contribution in [0.2, 0.25) is 0 Å². The maximum Gasteiger partial charge on any atom is 0.246 e. The molecule has 0 aliphatic carbocycles. The summed E-state index contributed by atoms with van der Waals surface area (Å²) in [5.74, 6) is 0.696. The summed E-state index contributed by atoms with van der Waals surface area (Å²) in [4.78, 5) is 25.9. The van der Waals surface area contributed by atoms with Gasteiger partial charge >= 0.3 is 0 Å². The largest absolute Gasteiger partial charge is 0.327 e. The molecule has 0 saturated heterocycles. The van der Waals surface area contributed by atoms with Crippen molar-refractivity contribution in [2.45, 2.75) is 25.9 Å². The van der Waals surface area contributed by atoms with E-state index in [1.165, 1.54) is 0 Å². The SMILES string of the molecule is CSCCC(=O)N1Cc2ccccc2NC(=O)C1C. The van der Waals surface area contributed by atoms with Crippen molar-refractivity contribution in [2.75, 3.05) is 17.3 Å². The standard InChI is InChI=1S/C14H18N2O2S/c1-10-14(18)15-12-6-4-3-5-11(12)9-16(10)13(17)7-8-19-2/h3-6,10H,7-9H2,1-2H3,(H,15,18). The number of nitrogens with one attached hydrogen (secondary N) is 1. The Morgan fingerprint density at radius 2 is 2.21 bits per heavy atom. The molecule has 0 aromatic heterocycles. The molecule has 1 heterocycles. The van der Waals surface area contributed by atoms with Crippen LogP contribution >= 0.6 is 11.8 Å². The van der Waals surface area contributed by atoms with Gasteiger partial charge in [0.25, 0.3) is 0 Å². The number of amides is 2. The molecule has 0 radical (unpaired) electrons. The summed E-state index contributed by atoms with van der Waals surface area (Å²) in [5.41, 5.74) is 1.79. The van der Waals surface area contributed by atoms with Crippen LogP contribution in [0.15, 0.2) is 24.3 Å². The van der Waals surface area contributed by atoms with Crippen LogP contribution in [-0.4, -0.2) is 34.8 Å². The van der Waals surface area contributed by atoms with Gasteiger partial charge in [-0.25, -0.2) is 0 Å². The van der Waals surface area contributed by atoms with Gasteiger partial charge in [-0.05, 0) is 24.8 Å². The summed E-state index contributed by atoms with van der Waals surface area (Å²) >= 11 is 1.64. The number of nitrogens with zero attached hydrogens (tertiary/aromatic N) is 1. The van der Waals surface area contributed by atoms with E-state index in [1.54, 1.807) is 23.6 Å². The minimum atomic E-state index is -0.429. The molecule has 1 aromatic rings. The molecule has 19 heavy (non-hydrogen) atoms. The van der Waals surface area contributed by atoms with E-state index in [1.807, 2.05) is 30.5 Å². The zero-order chi connectivity index (χ0) is 13.8. The fraction of sp³-hybridized carbons (Fsp3) is 0.429. The minimum Gasteiger partial charge on any atom is -0.327 e. The fourth-order valence-corrected chi connectivity index (χ4v) is 2.50. The smallest absolute Gasteiger partial charge is 0.246 e. The third kappa shape index (κ3) is 3.10. The highest BCUT2D eigenvalue weighted by Gasteiger charge is 2.29. The van der Waals surface area contributed by atoms with Gasteiger partial charge in [-0.3, -0.25) is 9.59 Å². The van der Waals surface area contributed by atoms with Crippen LogP contribution in [0.25, 0.3) is 0 Å². The predicted octanol–water partition coefficient (Wildman–Crippen LogP) is 2.11. The number of benzene rings is 1. The summed E-state index contributed by atoms with van der Waals surface area (Å²) in [6.07, 6.45) is 2.45. The maximum atomic E-state index is 12.2. The van der Waals surface area contributed by atoms with Gasteiger partial charge in [-0.15, -0.1) is 0 Å². The number of carbonyl (C=O) groups is 2. The molecule has 1 aliphatic heterocycles. The molecule has 5 heteroatoms. The van der Waals surface area contributed by atoms with Crippen LogP contribution in [0.3, 0.4) is 0 Å². The molecule has 0 spiro atoms. The number of hydrogen-bond donors (Lipinski definition) is 1. The van der Waals surface area contributed by atoms with E-state index >= 15 is 0 Å². The number of para-hydroxylation sites is 1. The Morgan fingerprint density at radius 3 is 2.95 bits per heavy atom. The van der Waals surface area contributed by atoms with Crippen molar-refractivity contribution >= 4 is 29.3 Å². The number of anilines is 1. The van der Waals surface area contributed by atoms with Gasteiger partial charge in [-0.2, -0.15) is 11.8 Å². The first-order valence-electron chi connectivity index (χ1n) is 6.30. The Hall–Kier alpha value is -1.49. The monoisotopic (exact) mass is 278 g/mol. The summed E-state index contributed by atoms with van der Waals surface area (Å²) < 4.78 is 0. The van der Waals surface area contributed by atoms with Crippen molar-refractivity contribution in [3.05, 3.63) is 29.8 Å². The summed E-state index contributed by atoms with van der Waals surface area (Å²) in [6, 6.07) is 7.19. The van der Waals surface area contributed by atoms with Crippen molar-refractivity contribution in [1.29, 1.82) is 0 Å². The Bertz CT molecular complexity index is 490. The second kappa shape index (κ2) is 6.10. The van der Waals surface area contributed by atoms with Crippen LogP contribution in [0.1, 0.15) is 18.9 Å². The van der Waals surface area contributed by atoms with Gasteiger partial charge in [0.15, 0.2) is 0 Å². The van der Waals surface area contributed by atoms with Crippen LogP contribution in [0.4, 0.5) is 5.69 Å². The van der Waals surface area contributed by atoms with Crippen LogP contribution < -0.4 is 5.32 Å². The number of rotatable bonds is 3. The van der Waals surface area contributed by atoms with E-state index in [9.17, 15) is 9.59 Å². The van der Waals surface area contributed by atoms with Crippen molar-refractivity contribution < 1.29 is 9.59 Å². The Kier molecular flexibility index (Phi) is 4.47. The van der Waals surface area contributed by atoms with E-state index in [0.29, 0.717) is 13.0 Å². The fourth-order valence-electron chi connectivity index (χ4n) is 2.12. The number of fused-ring (bicyclic) bond motifs is 1. The quantitative estimate of drug-likeness (QED) is 0.921. The highest BCUT2D eigenvalue weighted by molar-refractivity contribution is 7.98. The third-order valence-corrected chi connectivity index (χ3v) is 3.92. The average Bonchev–Trinajstić information content (AvgIpc) is 2.54. The second-order valence-corrected chi connectivity index (χ2v) is 5.57. The van der Waals surface area contributed by atoms with E-state index in [4.69, 9.17) is 0 Å². The van der Waals surface area contributed by atoms with E-state index in [0.717, 1.165) is 17.0 Å². The summed E-state index contributed by atoms with van der Waals surface area (Å²) in [7, 11) is 0. The number of thioether (sulfide) groups is 1. The number of hydrogen-bond acceptors (Lipinski definition) is 3. The molecule has 0 saturated carbocycles. The molecule has 2 rings (SSSR count). The van der Waals surface area contributed by atoms with E-state index in [-0.39, 0.29) is 11.8 Å². The molecule has 1 aromatic carbocycles. The average molecular weight is 278 g/mol. The minimum absolute atomic E-state index is 0.0358. The topological polar surface area (TPSA) is 49.4 Å². The van der Waals surface area contributed by atoms with E-state index < -0.39 is 6.04 Å². The Labute approximate surface area is 117 Å². The van der Waals surface area contributed by atoms with Gasteiger partial charge in [-0.1, -0.05) is 18.2 Å². The molecule has 1 aliphatic rings. The first kappa shape index (κ1) is 13.9. The van der Waals surface area contributed by atoms with E-state index in [2.05, 4.69) is 5.32 Å². The Morgan fingerprint density at radius 1 is 1.47 bits per heavy atom. The molecular formula is C14H18N2O2S. The van der Waals surface area contributed by atoms with Crippen LogP contribution in [0, 0.1) is 0 Å². The molecule has 1 unspecified atom stereocenters. The molecule has 102 valence electrons. The molecule has 2 amide bonds. The van der Waals surface area contributed by atoms with Crippen LogP contribution in [-0.2, 0) is 16.1 Å². The molecule has 0 bridgehead atoms. The number of carbonyl (C=O) groups excluding carboxylic acids is 2. The normalized spacial score (nSPS) is 18.5. The lowest BCUT2D eigenvalue weighted by Crippen LogP contribution is -2.43. The van der Waals surface area contributed by atoms with Gasteiger partial charge in [0.1, 0.15) is 6.04 Å². The second-order valence-electron chi connectivity index (χ2n) is 4.59. The lowest BCUT2D eigenvalue weighted by molar-refractivity contribution is -0.138. The first-order chi connectivity index (χ1) is 9.13. The molecule has 0 fully saturated rings. The van der Waals surface area contributed by atoms with Gasteiger partial charge in [0.2, 0.25) is 11.8 Å². The Balaban J connectivity index is 2.24. The zero-order valence-corrected chi connectivity index (χ0v) is 12.0. The van der Waals surface area contributed by atoms with Gasteiger partial charge < -0.3 is 10.2 Å². The van der Waals surface area contributed by atoms with Gasteiger partial charge in [0.05, 0.1) is 0 Å². The molecule has 1 atom stereocenters. The predicted molar refractivity (Wildman–Crippen MR) is 78.1 cm³/mol. The highest BCUT2D eigenvalue weighted by Crippen LogP contribution is 2.23. The zero-order valence-electron chi connectivity index (χ0n) is 11.2. The van der Waals surface area contributed by atoms with Crippen molar-refractivity contribution in [2.24, 2.45) is 0 Å². The van der Waals surface area contributed by atoms with Crippen molar-refractivity contribution in [3.63, 3.8) is 0 Å². The van der Waals surface area contributed by atoms with Crippen LogP contribution in [0.5, 0.6) is 0 Å². The third-order valence-electron chi connectivity index (χ3n) is 3.30.